The zero-order valence-electron chi connectivity index (χ0n) is 10.1. The highest BCUT2D eigenvalue weighted by atomic mass is 32.1. The standard InChI is InChI=1S/C13H19NOS/c1-9(2)6-7-14-13(15)12-8-11(16)5-4-10(12)3/h4-5,8-9,16H,6-7H2,1-3H3,(H,14,15). The molecule has 1 amide bonds. The highest BCUT2D eigenvalue weighted by Crippen LogP contribution is 2.13. The molecule has 1 aromatic rings. The van der Waals surface area contributed by atoms with Gasteiger partial charge in [-0.05, 0) is 37.0 Å². The average Bonchev–Trinajstić information content (AvgIpc) is 2.21. The van der Waals surface area contributed by atoms with Gasteiger partial charge in [0.2, 0.25) is 0 Å². The van der Waals surface area contributed by atoms with Crippen molar-refractivity contribution in [3.63, 3.8) is 0 Å². The Balaban J connectivity index is 2.62. The third-order valence-corrected chi connectivity index (χ3v) is 2.75. The van der Waals surface area contributed by atoms with Crippen molar-refractivity contribution in [1.29, 1.82) is 0 Å². The minimum Gasteiger partial charge on any atom is -0.352 e. The zero-order valence-corrected chi connectivity index (χ0v) is 11.0. The van der Waals surface area contributed by atoms with Crippen LogP contribution < -0.4 is 5.32 Å². The van der Waals surface area contributed by atoms with E-state index in [1.165, 1.54) is 0 Å². The van der Waals surface area contributed by atoms with Crippen LogP contribution in [0.25, 0.3) is 0 Å². The Morgan fingerprint density at radius 3 is 2.75 bits per heavy atom. The molecule has 0 aliphatic rings. The molecule has 16 heavy (non-hydrogen) atoms. The van der Waals surface area contributed by atoms with Crippen LogP contribution >= 0.6 is 12.6 Å². The van der Waals surface area contributed by atoms with E-state index >= 15 is 0 Å². The third-order valence-electron chi connectivity index (χ3n) is 2.47. The van der Waals surface area contributed by atoms with Gasteiger partial charge in [0.05, 0.1) is 0 Å². The lowest BCUT2D eigenvalue weighted by Gasteiger charge is -2.09. The lowest BCUT2D eigenvalue weighted by atomic mass is 10.1. The second-order valence-electron chi connectivity index (χ2n) is 4.44. The van der Waals surface area contributed by atoms with Gasteiger partial charge in [-0.1, -0.05) is 19.9 Å². The monoisotopic (exact) mass is 237 g/mol. The van der Waals surface area contributed by atoms with Crippen LogP contribution in [0.4, 0.5) is 0 Å². The fraction of sp³-hybridized carbons (Fsp3) is 0.462. The predicted molar refractivity (Wildman–Crippen MR) is 70.2 cm³/mol. The minimum atomic E-state index is -0.00551. The number of thiol groups is 1. The number of amides is 1. The molecule has 0 atom stereocenters. The maximum Gasteiger partial charge on any atom is 0.251 e. The van der Waals surface area contributed by atoms with E-state index in [0.29, 0.717) is 5.92 Å². The van der Waals surface area contributed by atoms with E-state index in [4.69, 9.17) is 0 Å². The van der Waals surface area contributed by atoms with Crippen molar-refractivity contribution < 1.29 is 4.79 Å². The van der Waals surface area contributed by atoms with Crippen molar-refractivity contribution in [3.8, 4) is 0 Å². The summed E-state index contributed by atoms with van der Waals surface area (Å²) in [6, 6.07) is 5.62. The van der Waals surface area contributed by atoms with Crippen LogP contribution in [0.3, 0.4) is 0 Å². The molecule has 2 nitrogen and oxygen atoms in total. The third kappa shape index (κ3) is 3.89. The maximum atomic E-state index is 11.9. The molecule has 1 aromatic carbocycles. The first kappa shape index (κ1) is 13.1. The topological polar surface area (TPSA) is 29.1 Å². The first-order valence-electron chi connectivity index (χ1n) is 5.58. The van der Waals surface area contributed by atoms with E-state index in [1.54, 1.807) is 0 Å². The number of benzene rings is 1. The molecule has 0 fully saturated rings. The number of carbonyl (C=O) groups excluding carboxylic acids is 1. The molecule has 0 unspecified atom stereocenters. The van der Waals surface area contributed by atoms with Gasteiger partial charge in [0, 0.05) is 17.0 Å². The molecule has 0 aliphatic heterocycles. The predicted octanol–water partition coefficient (Wildman–Crippen LogP) is 3.06. The number of hydrogen-bond acceptors (Lipinski definition) is 2. The van der Waals surface area contributed by atoms with Crippen LogP contribution in [0.1, 0.15) is 36.2 Å². The van der Waals surface area contributed by atoms with Crippen molar-refractivity contribution in [2.75, 3.05) is 6.54 Å². The smallest absolute Gasteiger partial charge is 0.251 e. The van der Waals surface area contributed by atoms with Crippen molar-refractivity contribution in [1.82, 2.24) is 5.32 Å². The number of hydrogen-bond donors (Lipinski definition) is 2. The minimum absolute atomic E-state index is 0.00551. The van der Waals surface area contributed by atoms with E-state index in [9.17, 15) is 4.79 Å². The van der Waals surface area contributed by atoms with Crippen LogP contribution in [-0.4, -0.2) is 12.5 Å². The summed E-state index contributed by atoms with van der Waals surface area (Å²) in [7, 11) is 0. The van der Waals surface area contributed by atoms with Gasteiger partial charge in [-0.2, -0.15) is 0 Å². The normalized spacial score (nSPS) is 10.6. The zero-order chi connectivity index (χ0) is 12.1. The second kappa shape index (κ2) is 5.94. The molecule has 1 N–H and O–H groups in total. The van der Waals surface area contributed by atoms with E-state index in [-0.39, 0.29) is 5.91 Å². The summed E-state index contributed by atoms with van der Waals surface area (Å²) < 4.78 is 0. The van der Waals surface area contributed by atoms with Gasteiger partial charge in [0.15, 0.2) is 0 Å². The molecular weight excluding hydrogens is 218 g/mol. The molecule has 0 heterocycles. The molecule has 0 radical (unpaired) electrons. The van der Waals surface area contributed by atoms with Gasteiger partial charge in [0.25, 0.3) is 5.91 Å². The number of carbonyl (C=O) groups is 1. The number of aryl methyl sites for hydroxylation is 1. The average molecular weight is 237 g/mol. The molecule has 0 saturated carbocycles. The summed E-state index contributed by atoms with van der Waals surface area (Å²) in [6.45, 7) is 6.95. The Bertz CT molecular complexity index is 374. The van der Waals surface area contributed by atoms with E-state index in [0.717, 1.165) is 29.0 Å². The Hall–Kier alpha value is -0.960. The largest absolute Gasteiger partial charge is 0.352 e. The van der Waals surface area contributed by atoms with Crippen molar-refractivity contribution in [2.45, 2.75) is 32.1 Å². The van der Waals surface area contributed by atoms with Gasteiger partial charge in [-0.15, -0.1) is 12.6 Å². The molecule has 0 bridgehead atoms. The molecule has 0 saturated heterocycles. The van der Waals surface area contributed by atoms with E-state index in [2.05, 4.69) is 31.8 Å². The molecule has 0 aliphatic carbocycles. The van der Waals surface area contributed by atoms with Gasteiger partial charge < -0.3 is 5.32 Å². The first-order chi connectivity index (χ1) is 7.50. The van der Waals surface area contributed by atoms with Gasteiger partial charge >= 0.3 is 0 Å². The summed E-state index contributed by atoms with van der Waals surface area (Å²) in [5, 5.41) is 2.93. The second-order valence-corrected chi connectivity index (χ2v) is 4.95. The van der Waals surface area contributed by atoms with Gasteiger partial charge in [-0.25, -0.2) is 0 Å². The summed E-state index contributed by atoms with van der Waals surface area (Å²) in [5.41, 5.74) is 1.70. The first-order valence-corrected chi connectivity index (χ1v) is 6.03. The quantitative estimate of drug-likeness (QED) is 0.774. The van der Waals surface area contributed by atoms with Gasteiger partial charge in [-0.3, -0.25) is 4.79 Å². The summed E-state index contributed by atoms with van der Waals surface area (Å²) in [6.07, 6.45) is 1.01. The molecule has 0 spiro atoms. The van der Waals surface area contributed by atoms with Crippen molar-refractivity contribution in [2.24, 2.45) is 5.92 Å². The SMILES string of the molecule is Cc1ccc(S)cc1C(=O)NCCC(C)C. The number of rotatable bonds is 4. The van der Waals surface area contributed by atoms with Crippen LogP contribution in [0.2, 0.25) is 0 Å². The Kier molecular flexibility index (Phi) is 4.87. The molecular formula is C13H19NOS. The Labute approximate surface area is 103 Å². The van der Waals surface area contributed by atoms with Gasteiger partial charge in [0.1, 0.15) is 0 Å². The molecule has 3 heteroatoms. The van der Waals surface area contributed by atoms with Crippen LogP contribution in [0, 0.1) is 12.8 Å². The fourth-order valence-electron chi connectivity index (χ4n) is 1.42. The lowest BCUT2D eigenvalue weighted by Crippen LogP contribution is -2.26. The van der Waals surface area contributed by atoms with Crippen molar-refractivity contribution in [3.05, 3.63) is 29.3 Å². The van der Waals surface area contributed by atoms with E-state index < -0.39 is 0 Å². The molecule has 0 aromatic heterocycles. The van der Waals surface area contributed by atoms with Crippen LogP contribution in [0.15, 0.2) is 23.1 Å². The summed E-state index contributed by atoms with van der Waals surface area (Å²) in [4.78, 5) is 12.7. The number of nitrogens with one attached hydrogen (secondary N) is 1. The Morgan fingerprint density at radius 2 is 2.12 bits per heavy atom. The van der Waals surface area contributed by atoms with Crippen LogP contribution in [-0.2, 0) is 0 Å². The lowest BCUT2D eigenvalue weighted by molar-refractivity contribution is 0.0951. The highest BCUT2D eigenvalue weighted by molar-refractivity contribution is 7.80. The summed E-state index contributed by atoms with van der Waals surface area (Å²) >= 11 is 4.24. The van der Waals surface area contributed by atoms with Crippen LogP contribution in [0.5, 0.6) is 0 Å². The molecule has 1 rings (SSSR count). The Morgan fingerprint density at radius 1 is 1.44 bits per heavy atom. The molecule has 88 valence electrons. The van der Waals surface area contributed by atoms with Crippen molar-refractivity contribution >= 4 is 18.5 Å². The summed E-state index contributed by atoms with van der Waals surface area (Å²) in [5.74, 6) is 0.603. The maximum absolute atomic E-state index is 11.9. The fourth-order valence-corrected chi connectivity index (χ4v) is 1.63. The van der Waals surface area contributed by atoms with E-state index in [1.807, 2.05) is 25.1 Å². The highest BCUT2D eigenvalue weighted by Gasteiger charge is 2.08.